The maximum Gasteiger partial charge on any atom is 0.408 e. The largest absolute Gasteiger partial charge is 0.483 e. The van der Waals surface area contributed by atoms with E-state index in [0.29, 0.717) is 73.7 Å². The van der Waals surface area contributed by atoms with E-state index < -0.39 is 73.5 Å². The van der Waals surface area contributed by atoms with Gasteiger partial charge in [-0.3, -0.25) is 19.1 Å². The van der Waals surface area contributed by atoms with E-state index in [1.807, 2.05) is 18.2 Å². The summed E-state index contributed by atoms with van der Waals surface area (Å²) < 4.78 is 56.2. The smallest absolute Gasteiger partial charge is 0.408 e. The second-order valence-electron chi connectivity index (χ2n) is 19.7. The van der Waals surface area contributed by atoms with Crippen molar-refractivity contribution in [1.29, 1.82) is 0 Å². The second kappa shape index (κ2) is 15.0. The Kier molecular flexibility index (Phi) is 10.3. The first-order valence-electron chi connectivity index (χ1n) is 22.2. The molecule has 9 rings (SSSR count). The summed E-state index contributed by atoms with van der Waals surface area (Å²) in [5, 5.41) is 6.60. The highest BCUT2D eigenvalue weighted by molar-refractivity contribution is 7.91. The second-order valence-corrected chi connectivity index (χ2v) is 21.9. The number of alkyl carbamates (subject to hydrolysis) is 1. The van der Waals surface area contributed by atoms with Crippen molar-refractivity contribution in [3.05, 3.63) is 47.4 Å². The highest BCUT2D eigenvalue weighted by Gasteiger charge is 2.60. The highest BCUT2D eigenvalue weighted by Crippen LogP contribution is 2.52. The van der Waals surface area contributed by atoms with Crippen molar-refractivity contribution in [3.63, 3.8) is 0 Å². The number of rotatable bonds is 6. The van der Waals surface area contributed by atoms with E-state index in [0.717, 1.165) is 50.5 Å². The number of nitrogens with zero attached hydrogens (tertiary/aromatic N) is 2. The fraction of sp³-hybridized carbons (Fsp3) is 0.667. The van der Waals surface area contributed by atoms with Crippen LogP contribution in [0, 0.1) is 17.2 Å². The number of aromatic nitrogens is 1. The summed E-state index contributed by atoms with van der Waals surface area (Å²) in [6.07, 6.45) is 13.2. The van der Waals surface area contributed by atoms with Gasteiger partial charge in [0.15, 0.2) is 0 Å². The fourth-order valence-electron chi connectivity index (χ4n) is 10.4. The molecule has 4 amide bonds. The number of aryl methyl sites for hydroxylation is 1. The van der Waals surface area contributed by atoms with Crippen molar-refractivity contribution in [2.75, 3.05) is 6.54 Å². The van der Waals surface area contributed by atoms with Gasteiger partial charge in [0.25, 0.3) is 5.91 Å². The lowest BCUT2D eigenvalue weighted by molar-refractivity contribution is -0.144. The van der Waals surface area contributed by atoms with Crippen molar-refractivity contribution < 1.29 is 41.5 Å². The number of hydrogen-bond acceptors (Lipinski definition) is 9. The lowest BCUT2D eigenvalue weighted by Gasteiger charge is -2.48. The van der Waals surface area contributed by atoms with Crippen LogP contribution in [0.2, 0.25) is 0 Å². The molecule has 6 unspecified atom stereocenters. The Bertz CT molecular complexity index is 2260. The average Bonchev–Trinajstić information content (AvgIpc) is 4.12. The van der Waals surface area contributed by atoms with Crippen LogP contribution in [0.3, 0.4) is 0 Å². The standard InChI is InChI=1S/C45H58FN5O8S/c1-42(2)20-10-15-34(42)58-41(55)47-32-14-8-6-4-5-7-11-28-18-22-45(28,40(54)50-60(56,57)43(3)23-24-43)49-38(52)33-25-44(26-51(33)39(32)53)21-19-30-29-12-9-13-31(46)36(29)48-35(27-16-17-27)37(30)59-44/h7,9,11-13,27-28,32-34H,4-6,8,10,14-26H2,1-3H3,(H,47,55)(H,49,52)(H,50,54). The molecular weight excluding hydrogens is 790 g/mol. The van der Waals surface area contributed by atoms with Gasteiger partial charge in [0, 0.05) is 34.6 Å². The lowest BCUT2D eigenvalue weighted by Crippen LogP contribution is -2.70. The number of sulfonamides is 1. The average molecular weight is 848 g/mol. The van der Waals surface area contributed by atoms with Crippen molar-refractivity contribution in [2.45, 2.75) is 170 Å². The van der Waals surface area contributed by atoms with Crippen LogP contribution in [0.15, 0.2) is 30.4 Å². The molecule has 60 heavy (non-hydrogen) atoms. The fourth-order valence-corrected chi connectivity index (χ4v) is 11.7. The maximum atomic E-state index is 15.2. The number of carbonyl (C=O) groups is 4. The molecule has 7 aliphatic rings. The van der Waals surface area contributed by atoms with Gasteiger partial charge in [-0.2, -0.15) is 0 Å². The van der Waals surface area contributed by atoms with E-state index >= 15 is 9.18 Å². The Morgan fingerprint density at radius 1 is 0.983 bits per heavy atom. The molecular formula is C45H58FN5O8S. The van der Waals surface area contributed by atoms with Crippen LogP contribution in [-0.4, -0.2) is 82.7 Å². The third kappa shape index (κ3) is 7.33. The number of nitrogens with one attached hydrogen (secondary N) is 3. The molecule has 0 radical (unpaired) electrons. The van der Waals surface area contributed by atoms with Crippen LogP contribution >= 0.6 is 0 Å². The van der Waals surface area contributed by atoms with Crippen molar-refractivity contribution in [1.82, 2.24) is 25.2 Å². The highest BCUT2D eigenvalue weighted by atomic mass is 32.2. The first-order chi connectivity index (χ1) is 28.5. The Labute approximate surface area is 351 Å². The quantitative estimate of drug-likeness (QED) is 0.279. The Morgan fingerprint density at radius 3 is 2.48 bits per heavy atom. The van der Waals surface area contributed by atoms with Gasteiger partial charge >= 0.3 is 6.09 Å². The number of fused-ring (bicyclic) bond motifs is 5. The Balaban J connectivity index is 1.07. The molecule has 4 heterocycles. The molecule has 5 fully saturated rings. The van der Waals surface area contributed by atoms with Gasteiger partial charge in [-0.05, 0) is 103 Å². The van der Waals surface area contributed by atoms with Crippen LogP contribution < -0.4 is 20.1 Å². The van der Waals surface area contributed by atoms with E-state index in [-0.39, 0.29) is 36.8 Å². The third-order valence-electron chi connectivity index (χ3n) is 14.9. The number of amides is 4. The summed E-state index contributed by atoms with van der Waals surface area (Å²) in [5.41, 5.74) is -0.951. The van der Waals surface area contributed by atoms with E-state index in [9.17, 15) is 22.8 Å². The van der Waals surface area contributed by atoms with Crippen LogP contribution in [0.1, 0.15) is 141 Å². The molecule has 1 saturated heterocycles. The summed E-state index contributed by atoms with van der Waals surface area (Å²) in [7, 11) is -4.02. The normalized spacial score (nSPS) is 32.3. The minimum Gasteiger partial charge on any atom is -0.483 e. The third-order valence-corrected chi connectivity index (χ3v) is 17.1. The summed E-state index contributed by atoms with van der Waals surface area (Å²) >= 11 is 0. The lowest BCUT2D eigenvalue weighted by atomic mass is 9.65. The predicted octanol–water partition coefficient (Wildman–Crippen LogP) is 6.37. The van der Waals surface area contributed by atoms with Crippen LogP contribution in [-0.2, 0) is 35.6 Å². The van der Waals surface area contributed by atoms with E-state index in [2.05, 4.69) is 29.2 Å². The van der Waals surface area contributed by atoms with Crippen LogP contribution in [0.25, 0.3) is 10.9 Å². The molecule has 13 nitrogen and oxygen atoms in total. The Hall–Kier alpha value is -4.27. The summed E-state index contributed by atoms with van der Waals surface area (Å²) in [6.45, 7) is 5.77. The maximum absolute atomic E-state index is 15.2. The molecule has 1 aromatic heterocycles. The number of allylic oxidation sites excluding steroid dienone is 1. The predicted molar refractivity (Wildman–Crippen MR) is 221 cm³/mol. The molecule has 0 bridgehead atoms. The molecule has 4 aliphatic carbocycles. The van der Waals surface area contributed by atoms with Crippen molar-refractivity contribution in [3.8, 4) is 5.75 Å². The summed E-state index contributed by atoms with van der Waals surface area (Å²) in [6, 6.07) is 2.78. The number of para-hydroxylation sites is 1. The summed E-state index contributed by atoms with van der Waals surface area (Å²) in [5.74, 6) is -2.01. The molecule has 3 aliphatic heterocycles. The first-order valence-corrected chi connectivity index (χ1v) is 23.7. The minimum absolute atomic E-state index is 0.0206. The van der Waals surface area contributed by atoms with Crippen molar-refractivity contribution in [2.24, 2.45) is 11.3 Å². The topological polar surface area (TPSA) is 173 Å². The van der Waals surface area contributed by atoms with Gasteiger partial charge in [0.1, 0.15) is 46.4 Å². The van der Waals surface area contributed by atoms with E-state index in [4.69, 9.17) is 14.5 Å². The van der Waals surface area contributed by atoms with Gasteiger partial charge in [0.05, 0.1) is 17.0 Å². The molecule has 2 aromatic rings. The molecule has 6 atom stereocenters. The number of benzene rings is 1. The van der Waals surface area contributed by atoms with E-state index in [1.165, 1.54) is 11.0 Å². The molecule has 1 aromatic carbocycles. The number of halogens is 1. The monoisotopic (exact) mass is 847 g/mol. The molecule has 15 heteroatoms. The molecule has 4 saturated carbocycles. The number of carbonyl (C=O) groups excluding carboxylic acids is 4. The summed E-state index contributed by atoms with van der Waals surface area (Å²) in [4.78, 5) is 64.2. The first kappa shape index (κ1) is 41.1. The van der Waals surface area contributed by atoms with Gasteiger partial charge in [-0.1, -0.05) is 51.0 Å². The van der Waals surface area contributed by atoms with Crippen molar-refractivity contribution >= 4 is 44.7 Å². The Morgan fingerprint density at radius 2 is 1.78 bits per heavy atom. The van der Waals surface area contributed by atoms with Gasteiger partial charge in [-0.25, -0.2) is 22.6 Å². The minimum atomic E-state index is -4.02. The van der Waals surface area contributed by atoms with Gasteiger partial charge in [-0.15, -0.1) is 0 Å². The number of hydrogen-bond donors (Lipinski definition) is 3. The molecule has 3 N–H and O–H groups in total. The van der Waals surface area contributed by atoms with Gasteiger partial charge < -0.3 is 25.0 Å². The zero-order chi connectivity index (χ0) is 42.2. The zero-order valence-electron chi connectivity index (χ0n) is 34.9. The zero-order valence-corrected chi connectivity index (χ0v) is 35.8. The van der Waals surface area contributed by atoms with E-state index in [1.54, 1.807) is 13.0 Å². The number of ether oxygens (including phenoxy) is 2. The SMILES string of the molecule is CC1(C)CCCC1OC(=O)NC1CCCCCC=CC2CCC2(C(=O)NS(=O)(=O)C2(C)CC2)NC(=O)C2CC3(CCc4c(c(C5CC5)nc5c(F)cccc45)O3)CN2C1=O. The molecule has 324 valence electrons. The van der Waals surface area contributed by atoms with Crippen LogP contribution in [0.4, 0.5) is 9.18 Å². The van der Waals surface area contributed by atoms with Crippen LogP contribution in [0.5, 0.6) is 5.75 Å². The molecule has 1 spiro atoms. The number of pyridine rings is 1. The van der Waals surface area contributed by atoms with Gasteiger partial charge in [0.2, 0.25) is 21.8 Å².